The van der Waals surface area contributed by atoms with Crippen LogP contribution in [-0.2, 0) is 21.4 Å². The Morgan fingerprint density at radius 1 is 1.07 bits per heavy atom. The molecule has 1 amide bonds. The fourth-order valence-electron chi connectivity index (χ4n) is 2.84. The number of carbonyl (C=O) groups is 1. The average Bonchev–Trinajstić information content (AvgIpc) is 3.16. The summed E-state index contributed by atoms with van der Waals surface area (Å²) in [5, 5.41) is 3.93. The fraction of sp³-hybridized carbons (Fsp3) is 0.286. The molecule has 8 nitrogen and oxygen atoms in total. The summed E-state index contributed by atoms with van der Waals surface area (Å²) in [4.78, 5) is 18.4. The van der Waals surface area contributed by atoms with E-state index >= 15 is 0 Å². The van der Waals surface area contributed by atoms with Gasteiger partial charge in [0.1, 0.15) is 6.54 Å². The van der Waals surface area contributed by atoms with Crippen molar-refractivity contribution in [2.45, 2.75) is 20.4 Å². The zero-order valence-electron chi connectivity index (χ0n) is 17.4. The van der Waals surface area contributed by atoms with Crippen molar-refractivity contribution in [1.82, 2.24) is 15.0 Å². The average molecular weight is 429 g/mol. The Bertz CT molecular complexity index is 1140. The van der Waals surface area contributed by atoms with E-state index in [1.54, 1.807) is 19.2 Å². The number of anilines is 1. The van der Waals surface area contributed by atoms with Crippen LogP contribution < -0.4 is 4.31 Å². The second kappa shape index (κ2) is 8.66. The second-order valence-corrected chi connectivity index (χ2v) is 9.07. The fourth-order valence-corrected chi connectivity index (χ4v) is 3.68. The minimum Gasteiger partial charge on any atom is -0.337 e. The van der Waals surface area contributed by atoms with Crippen molar-refractivity contribution in [2.24, 2.45) is 0 Å². The summed E-state index contributed by atoms with van der Waals surface area (Å²) in [6.45, 7) is 3.59. The van der Waals surface area contributed by atoms with E-state index in [1.165, 1.54) is 4.90 Å². The van der Waals surface area contributed by atoms with Crippen LogP contribution in [0.3, 0.4) is 0 Å². The van der Waals surface area contributed by atoms with Crippen LogP contribution in [0, 0.1) is 13.8 Å². The zero-order chi connectivity index (χ0) is 21.9. The van der Waals surface area contributed by atoms with Gasteiger partial charge in [0.15, 0.2) is 0 Å². The van der Waals surface area contributed by atoms with Gasteiger partial charge in [-0.15, -0.1) is 0 Å². The molecule has 0 saturated heterocycles. The molecule has 9 heteroatoms. The summed E-state index contributed by atoms with van der Waals surface area (Å²) in [5.74, 6) is 0.305. The molecule has 0 saturated carbocycles. The number of aryl methyl sites for hydroxylation is 2. The lowest BCUT2D eigenvalue weighted by molar-refractivity contribution is -0.129. The molecule has 1 heterocycles. The minimum atomic E-state index is -3.65. The van der Waals surface area contributed by atoms with Crippen molar-refractivity contribution < 1.29 is 17.7 Å². The number of hydrogen-bond acceptors (Lipinski definition) is 6. The molecule has 158 valence electrons. The number of aromatic nitrogens is 2. The molecule has 2 aromatic carbocycles. The molecule has 1 aromatic heterocycles. The van der Waals surface area contributed by atoms with Crippen LogP contribution in [0.2, 0.25) is 0 Å². The first-order valence-corrected chi connectivity index (χ1v) is 11.2. The van der Waals surface area contributed by atoms with E-state index in [0.29, 0.717) is 11.5 Å². The van der Waals surface area contributed by atoms with Gasteiger partial charge < -0.3 is 9.42 Å². The van der Waals surface area contributed by atoms with Gasteiger partial charge in [0.05, 0.1) is 18.5 Å². The SMILES string of the molecule is Cc1ccc(N(CC(=O)N(C)Cc2nc(-c3ccccc3)no2)S(C)(=O)=O)cc1C. The highest BCUT2D eigenvalue weighted by Crippen LogP contribution is 2.21. The van der Waals surface area contributed by atoms with Crippen molar-refractivity contribution in [3.05, 3.63) is 65.5 Å². The maximum absolute atomic E-state index is 12.7. The third kappa shape index (κ3) is 5.04. The Morgan fingerprint density at radius 3 is 2.40 bits per heavy atom. The first kappa shape index (κ1) is 21.5. The van der Waals surface area contributed by atoms with E-state index < -0.39 is 15.9 Å². The zero-order valence-corrected chi connectivity index (χ0v) is 18.2. The van der Waals surface area contributed by atoms with Gasteiger partial charge in [0.25, 0.3) is 0 Å². The number of benzene rings is 2. The second-order valence-electron chi connectivity index (χ2n) is 7.17. The summed E-state index contributed by atoms with van der Waals surface area (Å²) in [6.07, 6.45) is 1.08. The van der Waals surface area contributed by atoms with E-state index in [1.807, 2.05) is 50.2 Å². The van der Waals surface area contributed by atoms with Crippen LogP contribution in [0.4, 0.5) is 5.69 Å². The summed E-state index contributed by atoms with van der Waals surface area (Å²) in [6, 6.07) is 14.6. The number of carbonyl (C=O) groups excluding carboxylic acids is 1. The van der Waals surface area contributed by atoms with E-state index in [9.17, 15) is 13.2 Å². The number of likely N-dealkylation sites (N-methyl/N-ethyl adjacent to an activating group) is 1. The smallest absolute Gasteiger partial charge is 0.246 e. The van der Waals surface area contributed by atoms with Gasteiger partial charge in [0, 0.05) is 12.6 Å². The number of sulfonamides is 1. The van der Waals surface area contributed by atoms with E-state index in [2.05, 4.69) is 10.1 Å². The molecule has 0 aliphatic rings. The van der Waals surface area contributed by atoms with Crippen LogP contribution in [0.15, 0.2) is 53.1 Å². The van der Waals surface area contributed by atoms with Crippen molar-refractivity contribution in [2.75, 3.05) is 24.2 Å². The highest BCUT2D eigenvalue weighted by Gasteiger charge is 2.24. The lowest BCUT2D eigenvalue weighted by Crippen LogP contribution is -2.41. The number of amides is 1. The molecule has 0 N–H and O–H groups in total. The van der Waals surface area contributed by atoms with Crippen molar-refractivity contribution in [3.8, 4) is 11.4 Å². The Balaban J connectivity index is 1.73. The third-order valence-corrected chi connectivity index (χ3v) is 5.90. The Kier molecular flexibility index (Phi) is 6.21. The van der Waals surface area contributed by atoms with Gasteiger partial charge in [-0.2, -0.15) is 4.98 Å². The molecule has 0 unspecified atom stereocenters. The van der Waals surface area contributed by atoms with Crippen molar-refractivity contribution in [3.63, 3.8) is 0 Å². The van der Waals surface area contributed by atoms with Gasteiger partial charge in [-0.3, -0.25) is 9.10 Å². The Labute approximate surface area is 176 Å². The molecule has 0 aliphatic heterocycles. The molecular formula is C21H24N4O4S. The van der Waals surface area contributed by atoms with Crippen LogP contribution in [0.5, 0.6) is 0 Å². The largest absolute Gasteiger partial charge is 0.337 e. The molecule has 0 bridgehead atoms. The van der Waals surface area contributed by atoms with Gasteiger partial charge >= 0.3 is 0 Å². The van der Waals surface area contributed by atoms with Crippen molar-refractivity contribution >= 4 is 21.6 Å². The van der Waals surface area contributed by atoms with Gasteiger partial charge in [0.2, 0.25) is 27.6 Å². The standard InChI is InChI=1S/C21H24N4O4S/c1-15-10-11-18(12-16(15)2)25(30(4,27)28)14-20(26)24(3)13-19-22-21(23-29-19)17-8-6-5-7-9-17/h5-12H,13-14H2,1-4H3. The molecule has 0 fully saturated rings. The topological polar surface area (TPSA) is 96.6 Å². The summed E-state index contributed by atoms with van der Waals surface area (Å²) < 4.78 is 31.0. The lowest BCUT2D eigenvalue weighted by atomic mass is 10.1. The number of rotatable bonds is 7. The first-order valence-electron chi connectivity index (χ1n) is 9.32. The quantitative estimate of drug-likeness (QED) is 0.574. The molecule has 0 atom stereocenters. The highest BCUT2D eigenvalue weighted by atomic mass is 32.2. The maximum Gasteiger partial charge on any atom is 0.246 e. The first-order chi connectivity index (χ1) is 14.1. The van der Waals surface area contributed by atoms with Crippen LogP contribution in [0.25, 0.3) is 11.4 Å². The lowest BCUT2D eigenvalue weighted by Gasteiger charge is -2.25. The van der Waals surface area contributed by atoms with Gasteiger partial charge in [-0.05, 0) is 37.1 Å². The molecule has 30 heavy (non-hydrogen) atoms. The predicted molar refractivity (Wildman–Crippen MR) is 114 cm³/mol. The third-order valence-electron chi connectivity index (χ3n) is 4.76. The number of nitrogens with zero attached hydrogens (tertiary/aromatic N) is 4. The van der Waals surface area contributed by atoms with E-state index in [-0.39, 0.29) is 19.0 Å². The highest BCUT2D eigenvalue weighted by molar-refractivity contribution is 7.92. The molecule has 3 rings (SSSR count). The predicted octanol–water partition coefficient (Wildman–Crippen LogP) is 2.78. The molecule has 0 spiro atoms. The number of hydrogen-bond donors (Lipinski definition) is 0. The Hall–Kier alpha value is -3.20. The Morgan fingerprint density at radius 2 is 1.77 bits per heavy atom. The molecule has 3 aromatic rings. The van der Waals surface area contributed by atoms with E-state index in [0.717, 1.165) is 27.3 Å². The van der Waals surface area contributed by atoms with E-state index in [4.69, 9.17) is 4.52 Å². The minimum absolute atomic E-state index is 0.0726. The van der Waals surface area contributed by atoms with Crippen LogP contribution in [0.1, 0.15) is 17.0 Å². The summed E-state index contributed by atoms with van der Waals surface area (Å²) >= 11 is 0. The van der Waals surface area contributed by atoms with Crippen molar-refractivity contribution in [1.29, 1.82) is 0 Å². The maximum atomic E-state index is 12.7. The van der Waals surface area contributed by atoms with Crippen LogP contribution in [-0.4, -0.2) is 49.2 Å². The molecule has 0 radical (unpaired) electrons. The van der Waals surface area contributed by atoms with Gasteiger partial charge in [-0.1, -0.05) is 41.6 Å². The summed E-state index contributed by atoms with van der Waals surface area (Å²) in [7, 11) is -2.08. The van der Waals surface area contributed by atoms with Crippen LogP contribution >= 0.6 is 0 Å². The molecule has 0 aliphatic carbocycles. The normalized spacial score (nSPS) is 11.3. The van der Waals surface area contributed by atoms with Gasteiger partial charge in [-0.25, -0.2) is 8.42 Å². The monoisotopic (exact) mass is 428 g/mol. The molecular weight excluding hydrogens is 404 g/mol. The summed E-state index contributed by atoms with van der Waals surface area (Å²) in [5.41, 5.74) is 3.24.